The number of likely N-dealkylation sites (tertiary alicyclic amines) is 1. The first-order valence-electron chi connectivity index (χ1n) is 14.7. The number of fused-ring (bicyclic) bond motifs is 2. The zero-order valence-corrected chi connectivity index (χ0v) is 24.6. The van der Waals surface area contributed by atoms with Crippen LogP contribution in [-0.4, -0.2) is 44.2 Å². The lowest BCUT2D eigenvalue weighted by atomic mass is 9.88. The Morgan fingerprint density at radius 1 is 1.12 bits per heavy atom. The average Bonchev–Trinajstić information content (AvgIpc) is 3.54. The van der Waals surface area contributed by atoms with Crippen LogP contribution < -0.4 is 5.56 Å². The van der Waals surface area contributed by atoms with E-state index >= 15 is 0 Å². The van der Waals surface area contributed by atoms with Crippen molar-refractivity contribution in [1.82, 2.24) is 14.5 Å². The highest BCUT2D eigenvalue weighted by Gasteiger charge is 2.38. The maximum absolute atomic E-state index is 13.5. The van der Waals surface area contributed by atoms with Gasteiger partial charge in [-0.25, -0.2) is 4.98 Å². The van der Waals surface area contributed by atoms with Crippen LogP contribution >= 0.6 is 22.9 Å². The van der Waals surface area contributed by atoms with Crippen LogP contribution in [0.5, 0.6) is 0 Å². The fourth-order valence-corrected chi connectivity index (χ4v) is 8.24. The Kier molecular flexibility index (Phi) is 7.00. The maximum Gasteiger partial charge on any atom is 0.262 e. The molecule has 4 aromatic rings. The standard InChI is InChI=1S/C33H34ClN3O3S/c34-29-24-8-4-7-22(24)11-12-25(29)31-30-27(18-41-31)32(39)37(20-35-30)19-33(40)13-15-36(16-14-33)28(38)17-26(23-9-10-23)21-5-2-1-3-6-21/h1-3,5-6,11-12,18,20,23,26,40H,4,7-10,13-17,19H2. The quantitative estimate of drug-likeness (QED) is 0.279. The van der Waals surface area contributed by atoms with Gasteiger partial charge in [-0.15, -0.1) is 11.3 Å². The van der Waals surface area contributed by atoms with Crippen LogP contribution in [0.1, 0.15) is 61.1 Å². The molecule has 41 heavy (non-hydrogen) atoms. The minimum atomic E-state index is -1.06. The highest BCUT2D eigenvalue weighted by atomic mass is 35.5. The predicted octanol–water partition coefficient (Wildman–Crippen LogP) is 6.20. The first-order valence-corrected chi connectivity index (χ1v) is 16.0. The van der Waals surface area contributed by atoms with E-state index in [1.165, 1.54) is 45.4 Å². The number of amides is 1. The van der Waals surface area contributed by atoms with Gasteiger partial charge >= 0.3 is 0 Å². The molecule has 1 unspecified atom stereocenters. The Morgan fingerprint density at radius 3 is 2.66 bits per heavy atom. The summed E-state index contributed by atoms with van der Waals surface area (Å²) in [6.07, 6.45) is 8.48. The normalized spacial score (nSPS) is 18.9. The summed E-state index contributed by atoms with van der Waals surface area (Å²) in [6, 6.07) is 14.6. The summed E-state index contributed by atoms with van der Waals surface area (Å²) >= 11 is 8.30. The number of hydrogen-bond donors (Lipinski definition) is 1. The van der Waals surface area contributed by atoms with E-state index in [1.807, 2.05) is 28.5 Å². The number of thiophene rings is 1. The highest BCUT2D eigenvalue weighted by molar-refractivity contribution is 7.15. The third-order valence-corrected chi connectivity index (χ3v) is 10.8. The molecule has 2 aliphatic carbocycles. The Balaban J connectivity index is 1.04. The van der Waals surface area contributed by atoms with Gasteiger partial charge in [0.15, 0.2) is 0 Å². The third kappa shape index (κ3) is 5.13. The van der Waals surface area contributed by atoms with Crippen LogP contribution in [0, 0.1) is 5.92 Å². The van der Waals surface area contributed by atoms with E-state index in [2.05, 4.69) is 29.2 Å². The summed E-state index contributed by atoms with van der Waals surface area (Å²) in [5.74, 6) is 1.01. The number of aromatic nitrogens is 2. The van der Waals surface area contributed by atoms with Crippen LogP contribution in [0.15, 0.2) is 59.0 Å². The second-order valence-electron chi connectivity index (χ2n) is 12.1. The monoisotopic (exact) mass is 587 g/mol. The van der Waals surface area contributed by atoms with E-state index in [0.29, 0.717) is 49.2 Å². The van der Waals surface area contributed by atoms with Gasteiger partial charge in [0.25, 0.3) is 5.56 Å². The van der Waals surface area contributed by atoms with Gasteiger partial charge in [0.1, 0.15) is 0 Å². The van der Waals surface area contributed by atoms with Gasteiger partial charge in [-0.05, 0) is 73.5 Å². The van der Waals surface area contributed by atoms with Crippen molar-refractivity contribution in [2.24, 2.45) is 5.92 Å². The molecule has 6 nitrogen and oxygen atoms in total. The molecule has 7 rings (SSSR count). The van der Waals surface area contributed by atoms with Crippen LogP contribution in [0.4, 0.5) is 0 Å². The van der Waals surface area contributed by atoms with E-state index in [-0.39, 0.29) is 23.9 Å². The summed E-state index contributed by atoms with van der Waals surface area (Å²) in [7, 11) is 0. The molecule has 1 atom stereocenters. The van der Waals surface area contributed by atoms with Crippen molar-refractivity contribution in [3.63, 3.8) is 0 Å². The smallest absolute Gasteiger partial charge is 0.262 e. The van der Waals surface area contributed by atoms with Crippen molar-refractivity contribution >= 4 is 39.7 Å². The lowest BCUT2D eigenvalue weighted by Gasteiger charge is -2.39. The molecule has 1 saturated carbocycles. The number of carbonyl (C=O) groups excluding carboxylic acids is 1. The van der Waals surface area contributed by atoms with Gasteiger partial charge in [-0.2, -0.15) is 0 Å². The number of carbonyl (C=O) groups is 1. The van der Waals surface area contributed by atoms with Crippen molar-refractivity contribution in [3.05, 3.63) is 86.2 Å². The molecule has 1 N–H and O–H groups in total. The van der Waals surface area contributed by atoms with Gasteiger partial charge in [-0.3, -0.25) is 14.2 Å². The first-order chi connectivity index (χ1) is 19.9. The largest absolute Gasteiger partial charge is 0.388 e. The second kappa shape index (κ2) is 10.7. The Bertz CT molecular complexity index is 1670. The number of hydrogen-bond acceptors (Lipinski definition) is 5. The Labute approximate surface area is 248 Å². The van der Waals surface area contributed by atoms with Gasteiger partial charge in [0.2, 0.25) is 5.91 Å². The van der Waals surface area contributed by atoms with Crippen molar-refractivity contribution < 1.29 is 9.90 Å². The zero-order valence-electron chi connectivity index (χ0n) is 23.0. The molecular formula is C33H34ClN3O3S. The van der Waals surface area contributed by atoms with Crippen molar-refractivity contribution in [2.75, 3.05) is 13.1 Å². The van der Waals surface area contributed by atoms with E-state index in [1.54, 1.807) is 6.33 Å². The van der Waals surface area contributed by atoms with Crippen molar-refractivity contribution in [3.8, 4) is 10.4 Å². The molecular weight excluding hydrogens is 554 g/mol. The van der Waals surface area contributed by atoms with Crippen molar-refractivity contribution in [1.29, 1.82) is 0 Å². The lowest BCUT2D eigenvalue weighted by molar-refractivity contribution is -0.136. The molecule has 212 valence electrons. The summed E-state index contributed by atoms with van der Waals surface area (Å²) in [4.78, 5) is 34.2. The lowest BCUT2D eigenvalue weighted by Crippen LogP contribution is -2.49. The zero-order chi connectivity index (χ0) is 28.1. The molecule has 3 heterocycles. The fraction of sp³-hybridized carbons (Fsp3) is 0.424. The molecule has 3 aliphatic rings. The number of halogens is 1. The summed E-state index contributed by atoms with van der Waals surface area (Å²) in [5, 5.41) is 14.6. The number of nitrogens with zero attached hydrogens (tertiary/aromatic N) is 3. The van der Waals surface area contributed by atoms with Gasteiger partial charge in [-0.1, -0.05) is 54.1 Å². The molecule has 8 heteroatoms. The third-order valence-electron chi connectivity index (χ3n) is 9.36. The Morgan fingerprint density at radius 2 is 1.90 bits per heavy atom. The summed E-state index contributed by atoms with van der Waals surface area (Å²) < 4.78 is 1.53. The molecule has 1 amide bonds. The molecule has 0 spiro atoms. The van der Waals surface area contributed by atoms with E-state index in [4.69, 9.17) is 11.6 Å². The molecule has 1 saturated heterocycles. The number of aryl methyl sites for hydroxylation is 1. The van der Waals surface area contributed by atoms with E-state index in [9.17, 15) is 14.7 Å². The topological polar surface area (TPSA) is 75.4 Å². The van der Waals surface area contributed by atoms with Crippen LogP contribution in [0.3, 0.4) is 0 Å². The first kappa shape index (κ1) is 26.9. The molecule has 1 aliphatic heterocycles. The van der Waals surface area contributed by atoms with Crippen molar-refractivity contribution in [2.45, 2.75) is 69.4 Å². The van der Waals surface area contributed by atoms with E-state index in [0.717, 1.165) is 34.7 Å². The molecule has 0 bridgehead atoms. The molecule has 2 aromatic carbocycles. The molecule has 0 radical (unpaired) electrons. The molecule has 2 aromatic heterocycles. The Hall–Kier alpha value is -3.00. The molecule has 2 fully saturated rings. The van der Waals surface area contributed by atoms with Crippen LogP contribution in [0.25, 0.3) is 21.3 Å². The predicted molar refractivity (Wildman–Crippen MR) is 164 cm³/mol. The number of benzene rings is 2. The van der Waals surface area contributed by atoms with E-state index < -0.39 is 5.60 Å². The van der Waals surface area contributed by atoms with Gasteiger partial charge in [0.05, 0.1) is 39.3 Å². The van der Waals surface area contributed by atoms with Gasteiger partial charge < -0.3 is 10.0 Å². The minimum Gasteiger partial charge on any atom is -0.388 e. The summed E-state index contributed by atoms with van der Waals surface area (Å²) in [5.41, 5.74) is 4.15. The second-order valence-corrected chi connectivity index (χ2v) is 13.3. The number of piperidine rings is 1. The van der Waals surface area contributed by atoms with Crippen LogP contribution in [0.2, 0.25) is 5.02 Å². The number of aliphatic hydroxyl groups is 1. The number of rotatable bonds is 7. The summed E-state index contributed by atoms with van der Waals surface area (Å²) in [6.45, 7) is 1.15. The SMILES string of the molecule is O=C(CC(c1ccccc1)C1CC1)N1CCC(O)(Cn2cnc3c(-c4ccc5c(c4Cl)CCC5)scc3c2=O)CC1. The average molecular weight is 588 g/mol. The van der Waals surface area contributed by atoms with Crippen LogP contribution in [-0.2, 0) is 24.2 Å². The highest BCUT2D eigenvalue weighted by Crippen LogP contribution is 2.45. The maximum atomic E-state index is 13.5. The fourth-order valence-electron chi connectivity index (χ4n) is 6.79. The van der Waals surface area contributed by atoms with Gasteiger partial charge in [0, 0.05) is 30.5 Å². The minimum absolute atomic E-state index is 0.156.